The summed E-state index contributed by atoms with van der Waals surface area (Å²) in [5, 5.41) is 9.33. The number of carbonyl (C=O) groups is 1. The number of carbonyl (C=O) groups excluding carboxylic acids is 1. The Morgan fingerprint density at radius 3 is 2.46 bits per heavy atom. The number of nitrogens with two attached hydrogens (primary N) is 1. The highest BCUT2D eigenvalue weighted by Crippen LogP contribution is 2.37. The predicted molar refractivity (Wildman–Crippen MR) is 137 cm³/mol. The van der Waals surface area contributed by atoms with Gasteiger partial charge in [-0.1, -0.05) is 19.1 Å². The van der Waals surface area contributed by atoms with Gasteiger partial charge in [-0.3, -0.25) is 9.63 Å². The highest BCUT2D eigenvalue weighted by atomic mass is 32.2. The molecule has 0 bridgehead atoms. The van der Waals surface area contributed by atoms with Crippen molar-refractivity contribution in [3.05, 3.63) is 47.8 Å². The van der Waals surface area contributed by atoms with E-state index in [-0.39, 0.29) is 23.5 Å². The van der Waals surface area contributed by atoms with Crippen molar-refractivity contribution in [3.63, 3.8) is 0 Å². The van der Waals surface area contributed by atoms with Crippen LogP contribution in [-0.4, -0.2) is 79.6 Å². The molecule has 0 saturated carbocycles. The lowest BCUT2D eigenvalue weighted by Gasteiger charge is -2.20. The van der Waals surface area contributed by atoms with Crippen molar-refractivity contribution in [3.8, 4) is 16.9 Å². The lowest BCUT2D eigenvalue weighted by atomic mass is 9.99. The van der Waals surface area contributed by atoms with Gasteiger partial charge in [0.25, 0.3) is 5.91 Å². The van der Waals surface area contributed by atoms with Crippen molar-refractivity contribution in [2.45, 2.75) is 25.3 Å². The molecule has 0 spiro atoms. The second-order valence-corrected chi connectivity index (χ2v) is 9.90. The molecule has 3 rings (SSSR count). The molecule has 11 nitrogen and oxygen atoms in total. The van der Waals surface area contributed by atoms with Crippen LogP contribution in [0.15, 0.2) is 47.1 Å². The summed E-state index contributed by atoms with van der Waals surface area (Å²) < 4.78 is 49.0. The zero-order valence-electron chi connectivity index (χ0n) is 21.4. The summed E-state index contributed by atoms with van der Waals surface area (Å²) in [6.07, 6.45) is 1.21. The van der Waals surface area contributed by atoms with Crippen LogP contribution < -0.4 is 10.5 Å². The number of nitrogens with zero attached hydrogens (tertiary/aromatic N) is 5. The van der Waals surface area contributed by atoms with E-state index in [4.69, 9.17) is 15.3 Å². The molecular formula is C24H31FN6O5S. The number of ether oxygens (including phenoxy) is 1. The van der Waals surface area contributed by atoms with E-state index >= 15 is 0 Å². The molecule has 1 amide bonds. The molecule has 0 aliphatic heterocycles. The minimum absolute atomic E-state index is 0.0110. The van der Waals surface area contributed by atoms with Crippen LogP contribution in [0.4, 0.5) is 4.39 Å². The topological polar surface area (TPSA) is 133 Å². The molecule has 37 heavy (non-hydrogen) atoms. The molecular weight excluding hydrogens is 503 g/mol. The van der Waals surface area contributed by atoms with Gasteiger partial charge in [-0.2, -0.15) is 4.31 Å². The molecule has 0 unspecified atom stereocenters. The molecule has 0 aliphatic rings. The van der Waals surface area contributed by atoms with Gasteiger partial charge in [-0.25, -0.2) is 22.6 Å². The predicted octanol–water partition coefficient (Wildman–Crippen LogP) is 2.58. The van der Waals surface area contributed by atoms with E-state index in [1.807, 2.05) is 0 Å². The first-order valence-corrected chi connectivity index (χ1v) is 13.0. The zero-order valence-corrected chi connectivity index (χ0v) is 22.2. The van der Waals surface area contributed by atoms with Crippen LogP contribution in [0, 0.1) is 0 Å². The van der Waals surface area contributed by atoms with Crippen LogP contribution in [-0.2, 0) is 21.4 Å². The maximum absolute atomic E-state index is 14.3. The number of amides is 1. The monoisotopic (exact) mass is 534 g/mol. The highest BCUT2D eigenvalue weighted by molar-refractivity contribution is 7.89. The number of hydrogen-bond donors (Lipinski definition) is 1. The fourth-order valence-electron chi connectivity index (χ4n) is 3.88. The van der Waals surface area contributed by atoms with Gasteiger partial charge < -0.3 is 10.5 Å². The quantitative estimate of drug-likeness (QED) is 0.371. The van der Waals surface area contributed by atoms with Gasteiger partial charge in [0.15, 0.2) is 0 Å². The Morgan fingerprint density at radius 1 is 1.16 bits per heavy atom. The van der Waals surface area contributed by atoms with Crippen LogP contribution in [0.25, 0.3) is 22.2 Å². The fraction of sp³-hybridized carbons (Fsp3) is 0.375. The van der Waals surface area contributed by atoms with Gasteiger partial charge in [-0.15, -0.1) is 5.10 Å². The van der Waals surface area contributed by atoms with Gasteiger partial charge >= 0.3 is 0 Å². The first-order chi connectivity index (χ1) is 17.6. The summed E-state index contributed by atoms with van der Waals surface area (Å²) in [5.74, 6) is -0.651. The van der Waals surface area contributed by atoms with Gasteiger partial charge in [0.05, 0.1) is 31.2 Å². The minimum Gasteiger partial charge on any atom is -0.496 e. The molecule has 1 aromatic heterocycles. The third-order valence-electron chi connectivity index (χ3n) is 5.87. The second kappa shape index (κ2) is 11.8. The number of halogens is 1. The molecule has 200 valence electrons. The maximum Gasteiger partial charge on any atom is 0.277 e. The molecule has 0 aliphatic carbocycles. The lowest BCUT2D eigenvalue weighted by molar-refractivity contribution is -0.0756. The first kappa shape index (κ1) is 28.2. The molecule has 2 aromatic carbocycles. The van der Waals surface area contributed by atoms with Crippen molar-refractivity contribution in [2.24, 2.45) is 5.73 Å². The number of rotatable bonds is 11. The van der Waals surface area contributed by atoms with Crippen LogP contribution in [0.5, 0.6) is 5.75 Å². The average molecular weight is 535 g/mol. The standard InChI is InChI=1S/C24H31FN6O5S/c1-6-30(7-2)37(33,34)18-8-9-22(35-4)19(14-18)20-12-16(24(32)29(3)36-5)13-21-23(20)27-28-31(21)15-17(25)10-11-26/h8-10,12-14H,6-7,11,15,26H2,1-5H3/b17-10-. The van der Waals surface area contributed by atoms with E-state index in [0.29, 0.717) is 41.0 Å². The molecule has 0 atom stereocenters. The number of aromatic nitrogens is 3. The Balaban J connectivity index is 2.33. The first-order valence-electron chi connectivity index (χ1n) is 11.5. The fourth-order valence-corrected chi connectivity index (χ4v) is 5.37. The number of allylic oxidation sites excluding steroid dienone is 1. The molecule has 2 N–H and O–H groups in total. The van der Waals surface area contributed by atoms with Crippen molar-refractivity contribution >= 4 is 27.0 Å². The molecule has 0 radical (unpaired) electrons. The van der Waals surface area contributed by atoms with Crippen LogP contribution in [0.1, 0.15) is 24.2 Å². The van der Waals surface area contributed by atoms with Gasteiger partial charge in [0.2, 0.25) is 10.0 Å². The zero-order chi connectivity index (χ0) is 27.3. The van der Waals surface area contributed by atoms with Crippen LogP contribution in [0.3, 0.4) is 0 Å². The molecule has 13 heteroatoms. The summed E-state index contributed by atoms with van der Waals surface area (Å²) >= 11 is 0. The van der Waals surface area contributed by atoms with Crippen LogP contribution in [0.2, 0.25) is 0 Å². The number of fused-ring (bicyclic) bond motifs is 1. The number of hydroxylamine groups is 2. The number of hydrogen-bond acceptors (Lipinski definition) is 8. The van der Waals surface area contributed by atoms with E-state index in [9.17, 15) is 17.6 Å². The Labute approximate surface area is 215 Å². The lowest BCUT2D eigenvalue weighted by Crippen LogP contribution is -2.30. The Hall–Kier alpha value is -3.39. The SMILES string of the molecule is CCN(CC)S(=O)(=O)c1ccc(OC)c(-c2cc(C(=O)N(C)OC)cc3c2nnn3C/C(F)=C/CN)c1. The number of benzene rings is 2. The summed E-state index contributed by atoms with van der Waals surface area (Å²) in [4.78, 5) is 18.1. The van der Waals surface area contributed by atoms with Gasteiger partial charge in [0, 0.05) is 43.4 Å². The summed E-state index contributed by atoms with van der Waals surface area (Å²) in [6, 6.07) is 7.56. The van der Waals surface area contributed by atoms with E-state index in [1.165, 1.54) is 54.5 Å². The highest BCUT2D eigenvalue weighted by Gasteiger charge is 2.25. The Morgan fingerprint density at radius 2 is 1.86 bits per heavy atom. The number of sulfonamides is 1. The second-order valence-electron chi connectivity index (χ2n) is 7.96. The summed E-state index contributed by atoms with van der Waals surface area (Å²) in [6.45, 7) is 3.87. The Bertz CT molecular complexity index is 1420. The van der Waals surface area contributed by atoms with Crippen molar-refractivity contribution in [2.75, 3.05) is 40.9 Å². The summed E-state index contributed by atoms with van der Waals surface area (Å²) in [5.41, 5.74) is 7.04. The third-order valence-corrected chi connectivity index (χ3v) is 7.92. The van der Waals surface area contributed by atoms with E-state index in [0.717, 1.165) is 5.06 Å². The average Bonchev–Trinajstić information content (AvgIpc) is 3.29. The minimum atomic E-state index is -3.80. The van der Waals surface area contributed by atoms with E-state index < -0.39 is 21.8 Å². The van der Waals surface area contributed by atoms with Crippen molar-refractivity contribution < 1.29 is 27.2 Å². The largest absolute Gasteiger partial charge is 0.496 e. The number of methoxy groups -OCH3 is 1. The molecule has 1 heterocycles. The van der Waals surface area contributed by atoms with Gasteiger partial charge in [0.1, 0.15) is 17.1 Å². The Kier molecular flexibility index (Phi) is 8.97. The smallest absolute Gasteiger partial charge is 0.277 e. The van der Waals surface area contributed by atoms with Crippen LogP contribution >= 0.6 is 0 Å². The molecule has 0 saturated heterocycles. The van der Waals surface area contributed by atoms with Crippen molar-refractivity contribution in [1.29, 1.82) is 0 Å². The maximum atomic E-state index is 14.3. The van der Waals surface area contributed by atoms with E-state index in [2.05, 4.69) is 10.3 Å². The summed E-state index contributed by atoms with van der Waals surface area (Å²) in [7, 11) is 0.448. The third kappa shape index (κ3) is 5.64. The van der Waals surface area contributed by atoms with E-state index in [1.54, 1.807) is 26.0 Å². The molecule has 0 fully saturated rings. The van der Waals surface area contributed by atoms with Gasteiger partial charge in [-0.05, 0) is 36.4 Å². The molecule has 3 aromatic rings. The van der Waals surface area contributed by atoms with Crippen molar-refractivity contribution in [1.82, 2.24) is 24.4 Å². The normalized spacial score (nSPS) is 12.4.